The highest BCUT2D eigenvalue weighted by Gasteiger charge is 2.18. The second-order valence-corrected chi connectivity index (χ2v) is 6.73. The molecule has 1 aromatic carbocycles. The molecule has 0 bridgehead atoms. The van der Waals surface area contributed by atoms with E-state index in [1.54, 1.807) is 17.4 Å². The molecule has 0 aliphatic heterocycles. The lowest BCUT2D eigenvalue weighted by Crippen LogP contribution is -2.37. The van der Waals surface area contributed by atoms with E-state index in [2.05, 4.69) is 5.32 Å². The van der Waals surface area contributed by atoms with Gasteiger partial charge in [0.1, 0.15) is 5.82 Å². The maximum absolute atomic E-state index is 13.9. The molecule has 3 rings (SSSR count). The second kappa shape index (κ2) is 6.69. The summed E-state index contributed by atoms with van der Waals surface area (Å²) in [4.78, 5) is 0.984. The molecule has 1 heterocycles. The number of hydrogen-bond acceptors (Lipinski definition) is 3. The van der Waals surface area contributed by atoms with E-state index in [0.29, 0.717) is 17.6 Å². The van der Waals surface area contributed by atoms with Gasteiger partial charge in [-0.15, -0.1) is 11.3 Å². The third-order valence-corrected chi connectivity index (χ3v) is 5.09. The summed E-state index contributed by atoms with van der Waals surface area (Å²) in [7, 11) is 0. The molecule has 1 aromatic heterocycles. The van der Waals surface area contributed by atoms with E-state index >= 15 is 0 Å². The molecule has 3 N–H and O–H groups in total. The number of rotatable bonds is 4. The van der Waals surface area contributed by atoms with E-state index in [9.17, 15) is 4.39 Å². The van der Waals surface area contributed by atoms with Crippen molar-refractivity contribution in [3.05, 3.63) is 47.1 Å². The van der Waals surface area contributed by atoms with Crippen molar-refractivity contribution in [3.63, 3.8) is 0 Å². The smallest absolute Gasteiger partial charge is 0.131 e. The first kappa shape index (κ1) is 14.7. The Bertz CT molecular complexity index is 574. The lowest BCUT2D eigenvalue weighted by molar-refractivity contribution is 0.342. The van der Waals surface area contributed by atoms with Gasteiger partial charge in [0.25, 0.3) is 0 Å². The molecule has 0 saturated heterocycles. The van der Waals surface area contributed by atoms with Gasteiger partial charge in [-0.05, 0) is 54.8 Å². The maximum atomic E-state index is 13.9. The van der Waals surface area contributed by atoms with Crippen LogP contribution in [0.15, 0.2) is 35.7 Å². The summed E-state index contributed by atoms with van der Waals surface area (Å²) in [6.45, 7) is 0.790. The Morgan fingerprint density at radius 3 is 2.71 bits per heavy atom. The van der Waals surface area contributed by atoms with Gasteiger partial charge in [-0.2, -0.15) is 0 Å². The lowest BCUT2D eigenvalue weighted by atomic mass is 9.91. The van der Waals surface area contributed by atoms with Gasteiger partial charge in [0.15, 0.2) is 0 Å². The van der Waals surface area contributed by atoms with Crippen molar-refractivity contribution in [2.75, 3.05) is 0 Å². The number of nitrogens with one attached hydrogen (secondary N) is 1. The van der Waals surface area contributed by atoms with Gasteiger partial charge < -0.3 is 11.1 Å². The van der Waals surface area contributed by atoms with Crippen molar-refractivity contribution in [2.45, 2.75) is 44.3 Å². The van der Waals surface area contributed by atoms with Crippen LogP contribution in [-0.4, -0.2) is 12.1 Å². The number of hydrogen-bond donors (Lipinski definition) is 2. The molecule has 21 heavy (non-hydrogen) atoms. The molecule has 1 aliphatic rings. The second-order valence-electron chi connectivity index (χ2n) is 5.78. The number of benzene rings is 1. The minimum atomic E-state index is -0.148. The molecule has 4 heteroatoms. The highest BCUT2D eigenvalue weighted by Crippen LogP contribution is 2.28. The first-order valence-corrected chi connectivity index (χ1v) is 8.41. The highest BCUT2D eigenvalue weighted by atomic mass is 32.1. The molecule has 0 atom stereocenters. The number of halogens is 1. The molecule has 0 unspecified atom stereocenters. The molecule has 2 nitrogen and oxygen atoms in total. The van der Waals surface area contributed by atoms with Gasteiger partial charge in [0.2, 0.25) is 0 Å². The van der Waals surface area contributed by atoms with E-state index in [0.717, 1.165) is 42.7 Å². The van der Waals surface area contributed by atoms with Crippen LogP contribution in [0.4, 0.5) is 4.39 Å². The predicted molar refractivity (Wildman–Crippen MR) is 86.8 cm³/mol. The molecule has 112 valence electrons. The van der Waals surface area contributed by atoms with Crippen LogP contribution in [0, 0.1) is 5.82 Å². The van der Waals surface area contributed by atoms with Crippen LogP contribution in [0.25, 0.3) is 10.4 Å². The van der Waals surface area contributed by atoms with Crippen LogP contribution in [0.2, 0.25) is 0 Å². The van der Waals surface area contributed by atoms with Gasteiger partial charge in [-0.3, -0.25) is 0 Å². The van der Waals surface area contributed by atoms with Crippen molar-refractivity contribution in [1.82, 2.24) is 5.32 Å². The van der Waals surface area contributed by atoms with Crippen LogP contribution < -0.4 is 11.1 Å². The summed E-state index contributed by atoms with van der Waals surface area (Å²) in [6, 6.07) is 10.2. The van der Waals surface area contributed by atoms with Crippen molar-refractivity contribution < 1.29 is 4.39 Å². The van der Waals surface area contributed by atoms with Gasteiger partial charge in [-0.25, -0.2) is 4.39 Å². The van der Waals surface area contributed by atoms with Crippen molar-refractivity contribution >= 4 is 11.3 Å². The Hall–Kier alpha value is -1.23. The molecule has 1 fully saturated rings. The zero-order valence-electron chi connectivity index (χ0n) is 12.0. The van der Waals surface area contributed by atoms with Gasteiger partial charge in [0, 0.05) is 29.1 Å². The third-order valence-electron chi connectivity index (χ3n) is 4.18. The van der Waals surface area contributed by atoms with E-state index in [1.807, 2.05) is 29.6 Å². The Labute approximate surface area is 129 Å². The Balaban J connectivity index is 1.65. The zero-order valence-corrected chi connectivity index (χ0v) is 12.8. The highest BCUT2D eigenvalue weighted by molar-refractivity contribution is 7.13. The normalized spacial score (nSPS) is 22.4. The summed E-state index contributed by atoms with van der Waals surface area (Å²) in [5, 5.41) is 5.55. The van der Waals surface area contributed by atoms with Crippen LogP contribution in [0.5, 0.6) is 0 Å². The summed E-state index contributed by atoms with van der Waals surface area (Å²) < 4.78 is 13.9. The molecule has 2 aromatic rings. The third kappa shape index (κ3) is 3.70. The first-order chi connectivity index (χ1) is 10.2. The number of thiophene rings is 1. The summed E-state index contributed by atoms with van der Waals surface area (Å²) in [5.74, 6) is -0.148. The predicted octanol–water partition coefficient (Wildman–Crippen LogP) is 3.91. The maximum Gasteiger partial charge on any atom is 0.131 e. The van der Waals surface area contributed by atoms with Gasteiger partial charge >= 0.3 is 0 Å². The fourth-order valence-electron chi connectivity index (χ4n) is 2.89. The van der Waals surface area contributed by atoms with E-state index < -0.39 is 0 Å². The Morgan fingerprint density at radius 1 is 1.19 bits per heavy atom. The molecule has 0 amide bonds. The van der Waals surface area contributed by atoms with Crippen LogP contribution >= 0.6 is 11.3 Å². The average Bonchev–Trinajstić information content (AvgIpc) is 3.02. The Morgan fingerprint density at radius 2 is 2.00 bits per heavy atom. The monoisotopic (exact) mass is 304 g/mol. The molecule has 0 spiro atoms. The minimum Gasteiger partial charge on any atom is -0.328 e. The van der Waals surface area contributed by atoms with E-state index in [4.69, 9.17) is 5.73 Å². The van der Waals surface area contributed by atoms with Crippen molar-refractivity contribution in [1.29, 1.82) is 0 Å². The molecule has 0 radical (unpaired) electrons. The standard InChI is InChI=1S/C17H21FN2S/c18-16-8-3-12(10-15(16)17-2-1-9-21-17)11-20-14-6-4-13(19)5-7-14/h1-3,8-10,13-14,20H,4-7,11,19H2. The van der Waals surface area contributed by atoms with E-state index in [1.165, 1.54) is 0 Å². The minimum absolute atomic E-state index is 0.148. The van der Waals surface area contributed by atoms with Gasteiger partial charge in [-0.1, -0.05) is 12.1 Å². The van der Waals surface area contributed by atoms with Gasteiger partial charge in [0.05, 0.1) is 0 Å². The van der Waals surface area contributed by atoms with Crippen LogP contribution in [0.3, 0.4) is 0 Å². The van der Waals surface area contributed by atoms with Crippen LogP contribution in [0.1, 0.15) is 31.2 Å². The average molecular weight is 304 g/mol. The lowest BCUT2D eigenvalue weighted by Gasteiger charge is -2.27. The Kier molecular flexibility index (Phi) is 4.68. The van der Waals surface area contributed by atoms with Crippen molar-refractivity contribution in [2.24, 2.45) is 5.73 Å². The SMILES string of the molecule is NC1CCC(NCc2ccc(F)c(-c3cccs3)c2)CC1. The van der Waals surface area contributed by atoms with Crippen molar-refractivity contribution in [3.8, 4) is 10.4 Å². The quantitative estimate of drug-likeness (QED) is 0.898. The van der Waals surface area contributed by atoms with Crippen LogP contribution in [-0.2, 0) is 6.54 Å². The molecular formula is C17H21FN2S. The largest absolute Gasteiger partial charge is 0.328 e. The summed E-state index contributed by atoms with van der Waals surface area (Å²) >= 11 is 1.57. The first-order valence-electron chi connectivity index (χ1n) is 7.53. The topological polar surface area (TPSA) is 38.0 Å². The fourth-order valence-corrected chi connectivity index (χ4v) is 3.63. The number of nitrogens with two attached hydrogens (primary N) is 1. The van der Waals surface area contributed by atoms with E-state index in [-0.39, 0.29) is 5.82 Å². The molecule has 1 aliphatic carbocycles. The fraction of sp³-hybridized carbons (Fsp3) is 0.412. The summed E-state index contributed by atoms with van der Waals surface area (Å²) in [6.07, 6.45) is 4.48. The summed E-state index contributed by atoms with van der Waals surface area (Å²) in [5.41, 5.74) is 7.76. The molecular weight excluding hydrogens is 283 g/mol. The zero-order chi connectivity index (χ0) is 14.7. The molecule has 1 saturated carbocycles.